The van der Waals surface area contributed by atoms with Crippen molar-refractivity contribution in [3.8, 4) is 0 Å². The molecule has 2 aliphatic rings. The van der Waals surface area contributed by atoms with Gasteiger partial charge in [0.05, 0.1) is 25.3 Å². The van der Waals surface area contributed by atoms with Crippen LogP contribution < -0.4 is 5.73 Å². The lowest BCUT2D eigenvalue weighted by Crippen LogP contribution is -2.61. The number of piperidine rings is 1. The summed E-state index contributed by atoms with van der Waals surface area (Å²) in [5, 5.41) is 16.1. The molecule has 0 radical (unpaired) electrons. The number of hydrogen-bond donors (Lipinski definition) is 3. The third kappa shape index (κ3) is 4.23. The van der Waals surface area contributed by atoms with Crippen molar-refractivity contribution in [2.24, 2.45) is 5.73 Å². The predicted octanol–water partition coefficient (Wildman–Crippen LogP) is 0.488. The van der Waals surface area contributed by atoms with Gasteiger partial charge in [0.15, 0.2) is 0 Å². The number of halogens is 3. The second kappa shape index (κ2) is 6.27. The molecule has 0 aliphatic carbocycles. The molecular weight excluding hydrogens is 285 g/mol. The van der Waals surface area contributed by atoms with Crippen molar-refractivity contribution < 1.29 is 37.7 Å². The number of carboxylic acid groups (broad SMARTS) is 2. The van der Waals surface area contributed by atoms with E-state index in [4.69, 9.17) is 25.5 Å². The van der Waals surface area contributed by atoms with Crippen molar-refractivity contribution >= 4 is 12.1 Å². The highest BCUT2D eigenvalue weighted by molar-refractivity contribution is 5.73. The topological polar surface area (TPSA) is 113 Å². The fourth-order valence-corrected chi connectivity index (χ4v) is 2.27. The molecule has 0 aromatic heterocycles. The summed E-state index contributed by atoms with van der Waals surface area (Å²) >= 11 is 0. The van der Waals surface area contributed by atoms with Crippen LogP contribution in [0.15, 0.2) is 0 Å². The molecule has 2 aliphatic heterocycles. The number of carboxylic acids is 1. The molecule has 2 unspecified atom stereocenters. The van der Waals surface area contributed by atoms with Gasteiger partial charge >= 0.3 is 18.2 Å². The van der Waals surface area contributed by atoms with Crippen molar-refractivity contribution in [1.82, 2.24) is 4.90 Å². The molecule has 0 aromatic rings. The van der Waals surface area contributed by atoms with Crippen molar-refractivity contribution in [2.75, 3.05) is 13.2 Å². The number of alkyl halides is 3. The first-order valence-corrected chi connectivity index (χ1v) is 5.77. The Bertz CT molecular complexity index is 362. The van der Waals surface area contributed by atoms with Crippen LogP contribution in [-0.2, 0) is 9.53 Å². The van der Waals surface area contributed by atoms with E-state index in [0.29, 0.717) is 13.2 Å². The van der Waals surface area contributed by atoms with Crippen molar-refractivity contribution in [2.45, 2.75) is 37.1 Å². The summed E-state index contributed by atoms with van der Waals surface area (Å²) in [5.74, 6) is -2.76. The van der Waals surface area contributed by atoms with E-state index in [1.54, 1.807) is 0 Å². The first kappa shape index (κ1) is 16.5. The fraction of sp³-hybridized carbons (Fsp3) is 0.800. The third-order valence-electron chi connectivity index (χ3n) is 3.02. The van der Waals surface area contributed by atoms with Gasteiger partial charge in [0, 0.05) is 6.04 Å². The van der Waals surface area contributed by atoms with E-state index < -0.39 is 18.2 Å². The van der Waals surface area contributed by atoms with Crippen molar-refractivity contribution in [3.63, 3.8) is 0 Å². The third-order valence-corrected chi connectivity index (χ3v) is 3.02. The van der Waals surface area contributed by atoms with Crippen LogP contribution in [0.1, 0.15) is 12.8 Å². The van der Waals surface area contributed by atoms with E-state index >= 15 is 0 Å². The Hall–Kier alpha value is -1.55. The molecule has 20 heavy (non-hydrogen) atoms. The minimum atomic E-state index is -5.08. The highest BCUT2D eigenvalue weighted by atomic mass is 19.4. The summed E-state index contributed by atoms with van der Waals surface area (Å²) in [6, 6.07) is 0.0782. The number of amides is 1. The first-order valence-electron chi connectivity index (χ1n) is 5.77. The van der Waals surface area contributed by atoms with Crippen molar-refractivity contribution in [1.29, 1.82) is 0 Å². The summed E-state index contributed by atoms with van der Waals surface area (Å²) in [4.78, 5) is 21.3. The maximum atomic E-state index is 10.9. The molecule has 4 N–H and O–H groups in total. The Morgan fingerprint density at radius 2 is 1.55 bits per heavy atom. The molecule has 7 nitrogen and oxygen atoms in total. The second-order valence-electron chi connectivity index (χ2n) is 4.57. The molecule has 2 rings (SSSR count). The first-order chi connectivity index (χ1) is 9.12. The maximum Gasteiger partial charge on any atom is 0.490 e. The molecule has 10 heteroatoms. The number of morpholine rings is 1. The fourth-order valence-electron chi connectivity index (χ4n) is 2.27. The normalized spacial score (nSPS) is 29.2. The van der Waals surface area contributed by atoms with Crippen LogP contribution in [0.2, 0.25) is 0 Å². The highest BCUT2D eigenvalue weighted by Gasteiger charge is 2.40. The van der Waals surface area contributed by atoms with Crippen LogP contribution in [0.5, 0.6) is 0 Å². The average Bonchev–Trinajstić information content (AvgIpc) is 2.26. The predicted molar refractivity (Wildman–Crippen MR) is 59.2 cm³/mol. The summed E-state index contributed by atoms with van der Waals surface area (Å²) < 4.78 is 37.0. The van der Waals surface area contributed by atoms with Gasteiger partial charge in [-0.25, -0.2) is 9.59 Å². The van der Waals surface area contributed by atoms with Crippen LogP contribution in [0.25, 0.3) is 0 Å². The summed E-state index contributed by atoms with van der Waals surface area (Å²) in [7, 11) is 0. The Morgan fingerprint density at radius 1 is 1.15 bits per heavy atom. The lowest BCUT2D eigenvalue weighted by Gasteiger charge is -2.46. The summed E-state index contributed by atoms with van der Waals surface area (Å²) in [5.41, 5.74) is 5.81. The van der Waals surface area contributed by atoms with E-state index in [0.717, 1.165) is 12.8 Å². The van der Waals surface area contributed by atoms with Gasteiger partial charge in [-0.3, -0.25) is 4.90 Å². The lowest BCUT2D eigenvalue weighted by atomic mass is 9.91. The number of ether oxygens (including phenoxy) is 1. The average molecular weight is 300 g/mol. The molecule has 2 heterocycles. The largest absolute Gasteiger partial charge is 0.490 e. The number of fused-ring (bicyclic) bond motifs is 2. The molecule has 0 spiro atoms. The summed E-state index contributed by atoms with van der Waals surface area (Å²) in [6.07, 6.45) is -4.48. The van der Waals surface area contributed by atoms with Gasteiger partial charge in [0.1, 0.15) is 0 Å². The van der Waals surface area contributed by atoms with E-state index in [1.807, 2.05) is 0 Å². The SMILES string of the molecule is NC1CC2COCC(C1)N2C(=O)O.O=C(O)C(F)(F)F. The quantitative estimate of drug-likeness (QED) is 0.600. The molecule has 116 valence electrons. The van der Waals surface area contributed by atoms with E-state index in [2.05, 4.69) is 0 Å². The van der Waals surface area contributed by atoms with Crippen LogP contribution in [0.4, 0.5) is 18.0 Å². The van der Waals surface area contributed by atoms with Gasteiger partial charge in [-0.05, 0) is 12.8 Å². The number of carbonyl (C=O) groups is 2. The zero-order valence-corrected chi connectivity index (χ0v) is 10.3. The van der Waals surface area contributed by atoms with E-state index in [1.165, 1.54) is 4.90 Å². The van der Waals surface area contributed by atoms with E-state index in [-0.39, 0.29) is 18.1 Å². The van der Waals surface area contributed by atoms with Crippen molar-refractivity contribution in [3.05, 3.63) is 0 Å². The second-order valence-corrected chi connectivity index (χ2v) is 4.57. The zero-order chi connectivity index (χ0) is 15.5. The van der Waals surface area contributed by atoms with E-state index in [9.17, 15) is 18.0 Å². The number of nitrogens with two attached hydrogens (primary N) is 1. The van der Waals surface area contributed by atoms with Gasteiger partial charge in [0.2, 0.25) is 0 Å². The standard InChI is InChI=1S/C8H14N2O3.C2HF3O2/c9-5-1-6-3-13-4-7(2-5)10(6)8(11)12;3-2(4,5)1(6)7/h5-7H,1-4,9H2,(H,11,12);(H,6,7). The van der Waals surface area contributed by atoms with Gasteiger partial charge < -0.3 is 20.7 Å². The molecule has 0 aromatic carbocycles. The molecule has 2 bridgehead atoms. The Morgan fingerprint density at radius 3 is 1.85 bits per heavy atom. The molecular formula is C10H15F3N2O5. The number of rotatable bonds is 0. The number of hydrogen-bond acceptors (Lipinski definition) is 4. The number of nitrogens with zero attached hydrogens (tertiary/aromatic N) is 1. The molecule has 0 saturated carbocycles. The smallest absolute Gasteiger partial charge is 0.475 e. The highest BCUT2D eigenvalue weighted by Crippen LogP contribution is 2.26. The molecule has 2 atom stereocenters. The van der Waals surface area contributed by atoms with Crippen LogP contribution in [-0.4, -0.2) is 64.7 Å². The van der Waals surface area contributed by atoms with Gasteiger partial charge in [-0.2, -0.15) is 13.2 Å². The van der Waals surface area contributed by atoms with Crippen LogP contribution in [0.3, 0.4) is 0 Å². The minimum Gasteiger partial charge on any atom is -0.475 e. The monoisotopic (exact) mass is 300 g/mol. The maximum absolute atomic E-state index is 10.9. The Labute approximate surface area is 112 Å². The molecule has 1 amide bonds. The number of aliphatic carboxylic acids is 1. The molecule has 2 saturated heterocycles. The van der Waals surface area contributed by atoms with Gasteiger partial charge in [-0.15, -0.1) is 0 Å². The summed E-state index contributed by atoms with van der Waals surface area (Å²) in [6.45, 7) is 0.993. The Balaban J connectivity index is 0.000000246. The minimum absolute atomic E-state index is 0.0278. The van der Waals surface area contributed by atoms with Crippen LogP contribution >= 0.6 is 0 Å². The zero-order valence-electron chi connectivity index (χ0n) is 10.3. The lowest BCUT2D eigenvalue weighted by molar-refractivity contribution is -0.192. The van der Waals surface area contributed by atoms with Crippen LogP contribution in [0, 0.1) is 0 Å². The Kier molecular flexibility index (Phi) is 5.17. The molecule has 2 fully saturated rings. The van der Waals surface area contributed by atoms with Gasteiger partial charge in [-0.1, -0.05) is 0 Å². The van der Waals surface area contributed by atoms with Gasteiger partial charge in [0.25, 0.3) is 0 Å².